The fourth-order valence-corrected chi connectivity index (χ4v) is 2.71. The summed E-state index contributed by atoms with van der Waals surface area (Å²) < 4.78 is 0.938. The number of amides is 1. The van der Waals surface area contributed by atoms with Gasteiger partial charge in [0.2, 0.25) is 0 Å². The van der Waals surface area contributed by atoms with Crippen LogP contribution in [0.25, 0.3) is 0 Å². The number of carbonyl (C=O) groups excluding carboxylic acids is 1. The summed E-state index contributed by atoms with van der Waals surface area (Å²) in [6.45, 7) is 1.72. The number of benzene rings is 1. The molecule has 2 N–H and O–H groups in total. The number of hydrogen-bond acceptors (Lipinski definition) is 5. The molecule has 116 valence electrons. The zero-order chi connectivity index (χ0) is 16.2. The van der Waals surface area contributed by atoms with E-state index in [4.69, 9.17) is 0 Å². The average Bonchev–Trinajstić information content (AvgIpc) is 2.85. The largest absolute Gasteiger partial charge is 0.348 e. The van der Waals surface area contributed by atoms with Crippen LogP contribution >= 0.6 is 11.8 Å². The molecule has 1 amide bonds. The molecule has 2 aromatic heterocycles. The lowest BCUT2D eigenvalue weighted by molar-refractivity contribution is 0.250. The molecule has 0 bridgehead atoms. The topological polar surface area (TPSA) is 92.7 Å². The number of para-hydroxylation sites is 1. The molecule has 0 saturated carbocycles. The number of aromatic amines is 1. The van der Waals surface area contributed by atoms with Crippen molar-refractivity contribution in [3.05, 3.63) is 64.8 Å². The van der Waals surface area contributed by atoms with Crippen molar-refractivity contribution in [2.24, 2.45) is 0 Å². The maximum Gasteiger partial charge on any atom is 0.348 e. The summed E-state index contributed by atoms with van der Waals surface area (Å²) in [5.74, 6) is 0. The van der Waals surface area contributed by atoms with Gasteiger partial charge < -0.3 is 5.32 Å². The van der Waals surface area contributed by atoms with Crippen LogP contribution in [0.3, 0.4) is 0 Å². The molecule has 2 heterocycles. The number of rotatable bonds is 3. The third kappa shape index (κ3) is 3.32. The molecule has 3 rings (SSSR count). The van der Waals surface area contributed by atoms with Crippen molar-refractivity contribution in [2.45, 2.75) is 17.0 Å². The third-order valence-corrected chi connectivity index (χ3v) is 4.06. The number of carbonyl (C=O) groups is 1. The number of hydrogen-bond donors (Lipinski definition) is 2. The molecule has 3 aromatic rings. The fraction of sp³-hybridized carbons (Fsp3) is 0.0667. The molecule has 23 heavy (non-hydrogen) atoms. The van der Waals surface area contributed by atoms with Crippen LogP contribution in [0.1, 0.15) is 5.69 Å². The third-order valence-electron chi connectivity index (χ3n) is 2.98. The second kappa shape index (κ2) is 6.49. The number of nitrogens with one attached hydrogen (secondary N) is 2. The Labute approximate surface area is 135 Å². The van der Waals surface area contributed by atoms with Crippen LogP contribution in [-0.2, 0) is 0 Å². The molecule has 0 unspecified atom stereocenters. The molecule has 0 aliphatic rings. The Morgan fingerprint density at radius 1 is 1.17 bits per heavy atom. The molecule has 0 fully saturated rings. The van der Waals surface area contributed by atoms with Crippen molar-refractivity contribution in [3.63, 3.8) is 0 Å². The Morgan fingerprint density at radius 3 is 2.57 bits per heavy atom. The average molecular weight is 327 g/mol. The van der Waals surface area contributed by atoms with Crippen LogP contribution in [0.2, 0.25) is 0 Å². The Hall–Kier alpha value is -2.87. The first kappa shape index (κ1) is 15.0. The van der Waals surface area contributed by atoms with Crippen molar-refractivity contribution in [2.75, 3.05) is 5.32 Å². The van der Waals surface area contributed by atoms with E-state index >= 15 is 0 Å². The monoisotopic (exact) mass is 327 g/mol. The van der Waals surface area contributed by atoms with Gasteiger partial charge in [0.25, 0.3) is 5.56 Å². The molecule has 0 spiro atoms. The van der Waals surface area contributed by atoms with E-state index in [-0.39, 0.29) is 0 Å². The van der Waals surface area contributed by atoms with Gasteiger partial charge in [-0.2, -0.15) is 4.68 Å². The summed E-state index contributed by atoms with van der Waals surface area (Å²) in [5, 5.41) is 5.87. The Balaban J connectivity index is 1.86. The zero-order valence-corrected chi connectivity index (χ0v) is 13.0. The van der Waals surface area contributed by atoms with E-state index in [0.717, 1.165) is 16.4 Å². The summed E-state index contributed by atoms with van der Waals surface area (Å²) in [6, 6.07) is 10.1. The molecule has 0 radical (unpaired) electrons. The van der Waals surface area contributed by atoms with Gasteiger partial charge >= 0.3 is 6.03 Å². The van der Waals surface area contributed by atoms with Gasteiger partial charge in [-0.1, -0.05) is 18.2 Å². The van der Waals surface area contributed by atoms with Crippen molar-refractivity contribution in [1.29, 1.82) is 0 Å². The van der Waals surface area contributed by atoms with Gasteiger partial charge in [0.05, 0.1) is 0 Å². The molecule has 0 aliphatic carbocycles. The molecule has 8 heteroatoms. The molecule has 0 aliphatic heterocycles. The second-order valence-corrected chi connectivity index (χ2v) is 5.61. The van der Waals surface area contributed by atoms with Gasteiger partial charge in [-0.05, 0) is 36.9 Å². The fourth-order valence-electron chi connectivity index (χ4n) is 1.92. The van der Waals surface area contributed by atoms with E-state index in [1.807, 2.05) is 6.07 Å². The van der Waals surface area contributed by atoms with Crippen molar-refractivity contribution < 1.29 is 4.79 Å². The van der Waals surface area contributed by atoms with E-state index in [1.54, 1.807) is 49.6 Å². The minimum absolute atomic E-state index is 0.388. The van der Waals surface area contributed by atoms with Crippen LogP contribution in [-0.4, -0.2) is 25.8 Å². The van der Waals surface area contributed by atoms with E-state index < -0.39 is 11.6 Å². The van der Waals surface area contributed by atoms with Crippen molar-refractivity contribution in [3.8, 4) is 0 Å². The van der Waals surface area contributed by atoms with Gasteiger partial charge in [-0.25, -0.2) is 14.8 Å². The Morgan fingerprint density at radius 2 is 1.87 bits per heavy atom. The highest BCUT2D eigenvalue weighted by Gasteiger charge is 2.18. The van der Waals surface area contributed by atoms with Gasteiger partial charge in [-0.15, -0.1) is 0 Å². The SMILES string of the molecule is Cc1[nH]n(C(=O)Nc2ccccc2)c(=O)c1Sc1ncccn1. The predicted octanol–water partition coefficient (Wildman–Crippen LogP) is 2.51. The number of aromatic nitrogens is 4. The minimum atomic E-state index is -0.551. The van der Waals surface area contributed by atoms with Gasteiger partial charge in [-0.3, -0.25) is 9.89 Å². The van der Waals surface area contributed by atoms with Crippen LogP contribution < -0.4 is 10.9 Å². The highest BCUT2D eigenvalue weighted by Crippen LogP contribution is 2.23. The summed E-state index contributed by atoms with van der Waals surface area (Å²) in [4.78, 5) is 33.2. The van der Waals surface area contributed by atoms with Crippen LogP contribution in [0, 0.1) is 6.92 Å². The first-order valence-electron chi connectivity index (χ1n) is 6.78. The summed E-state index contributed by atoms with van der Waals surface area (Å²) in [5.41, 5.74) is 0.751. The van der Waals surface area contributed by atoms with Gasteiger partial charge in [0, 0.05) is 23.8 Å². The number of anilines is 1. The van der Waals surface area contributed by atoms with E-state index in [2.05, 4.69) is 20.4 Å². The molecular formula is C15H13N5O2S. The van der Waals surface area contributed by atoms with Crippen LogP contribution in [0.4, 0.5) is 10.5 Å². The summed E-state index contributed by atoms with van der Waals surface area (Å²) >= 11 is 1.12. The molecule has 1 aromatic carbocycles. The van der Waals surface area contributed by atoms with E-state index in [9.17, 15) is 9.59 Å². The molecule has 0 atom stereocenters. The summed E-state index contributed by atoms with van der Waals surface area (Å²) in [7, 11) is 0. The first-order valence-corrected chi connectivity index (χ1v) is 7.59. The lowest BCUT2D eigenvalue weighted by Gasteiger charge is -2.03. The Bertz CT molecular complexity index is 874. The Kier molecular flexibility index (Phi) is 4.24. The standard InChI is InChI=1S/C15H13N5O2S/c1-10-12(23-14-16-8-5-9-17-14)13(21)20(19-10)15(22)18-11-6-3-2-4-7-11/h2-9,19H,1H3,(H,18,22). The van der Waals surface area contributed by atoms with E-state index in [0.29, 0.717) is 21.4 Å². The first-order chi connectivity index (χ1) is 11.1. The smallest absolute Gasteiger partial charge is 0.306 e. The number of nitrogens with zero attached hydrogens (tertiary/aromatic N) is 3. The van der Waals surface area contributed by atoms with Crippen molar-refractivity contribution >= 4 is 23.5 Å². The van der Waals surface area contributed by atoms with E-state index in [1.165, 1.54) is 0 Å². The second-order valence-electron chi connectivity index (χ2n) is 4.64. The zero-order valence-electron chi connectivity index (χ0n) is 12.2. The highest BCUT2D eigenvalue weighted by atomic mass is 32.2. The van der Waals surface area contributed by atoms with Crippen molar-refractivity contribution in [1.82, 2.24) is 19.7 Å². The molecular weight excluding hydrogens is 314 g/mol. The maximum absolute atomic E-state index is 12.4. The highest BCUT2D eigenvalue weighted by molar-refractivity contribution is 7.99. The number of H-pyrrole nitrogens is 1. The summed E-state index contributed by atoms with van der Waals surface area (Å²) in [6.07, 6.45) is 3.19. The van der Waals surface area contributed by atoms with Crippen LogP contribution in [0.15, 0.2) is 63.6 Å². The lowest BCUT2D eigenvalue weighted by Crippen LogP contribution is -2.30. The van der Waals surface area contributed by atoms with Gasteiger partial charge in [0.15, 0.2) is 5.16 Å². The maximum atomic E-state index is 12.4. The normalized spacial score (nSPS) is 10.5. The van der Waals surface area contributed by atoms with Crippen LogP contribution in [0.5, 0.6) is 0 Å². The molecule has 0 saturated heterocycles. The molecule has 7 nitrogen and oxygen atoms in total. The minimum Gasteiger partial charge on any atom is -0.306 e. The quantitative estimate of drug-likeness (QED) is 0.721. The number of aryl methyl sites for hydroxylation is 1. The lowest BCUT2D eigenvalue weighted by atomic mass is 10.3. The predicted molar refractivity (Wildman–Crippen MR) is 86.8 cm³/mol. The van der Waals surface area contributed by atoms with Gasteiger partial charge in [0.1, 0.15) is 4.90 Å².